The van der Waals surface area contributed by atoms with Crippen LogP contribution < -0.4 is 0 Å². The number of rotatable bonds is 10. The van der Waals surface area contributed by atoms with Crippen LogP contribution in [0.2, 0.25) is 0 Å². The van der Waals surface area contributed by atoms with Crippen LogP contribution in [0.1, 0.15) is 29.5 Å². The number of hydrogen-bond acceptors (Lipinski definition) is 3. The second-order valence-electron chi connectivity index (χ2n) is 9.01. The molecule has 0 radical (unpaired) electrons. The summed E-state index contributed by atoms with van der Waals surface area (Å²) in [6.07, 6.45) is 2.38. The summed E-state index contributed by atoms with van der Waals surface area (Å²) in [6.45, 7) is 0.547. The van der Waals surface area contributed by atoms with E-state index in [0.29, 0.717) is 6.16 Å². The largest absolute Gasteiger partial charge is 0.332 e. The highest BCUT2D eigenvalue weighted by Gasteiger charge is 2.50. The van der Waals surface area contributed by atoms with Crippen molar-refractivity contribution in [2.24, 2.45) is 0 Å². The lowest BCUT2D eigenvalue weighted by atomic mass is 9.95. The molecule has 172 valence electrons. The number of hydrogen-bond donors (Lipinski definition) is 0. The Hall–Kier alpha value is -2.97. The standard InChI is InChI=1S/C30H29O3P/c31-34(32-22-25-10-4-1-5-11-25,33-23-26-12-6-2-7-13-26)24-30(20-21-30)29-18-16-28(17-19-29)27-14-8-3-9-15-27/h1-19H,20-24H2. The molecule has 3 nitrogen and oxygen atoms in total. The van der Waals surface area contributed by atoms with Crippen molar-refractivity contribution in [1.29, 1.82) is 0 Å². The molecule has 4 aromatic rings. The Morgan fingerprint density at radius 1 is 0.588 bits per heavy atom. The predicted molar refractivity (Wildman–Crippen MR) is 138 cm³/mol. The van der Waals surface area contributed by atoms with Crippen molar-refractivity contribution < 1.29 is 13.6 Å². The fourth-order valence-electron chi connectivity index (χ4n) is 4.33. The van der Waals surface area contributed by atoms with Crippen molar-refractivity contribution in [2.75, 3.05) is 6.16 Å². The van der Waals surface area contributed by atoms with Gasteiger partial charge < -0.3 is 9.05 Å². The first-order valence-electron chi connectivity index (χ1n) is 11.8. The molecule has 0 amide bonds. The Morgan fingerprint density at radius 3 is 1.50 bits per heavy atom. The maximum absolute atomic E-state index is 14.0. The Morgan fingerprint density at radius 2 is 1.03 bits per heavy atom. The molecule has 0 N–H and O–H groups in total. The monoisotopic (exact) mass is 468 g/mol. The first-order chi connectivity index (χ1) is 16.6. The van der Waals surface area contributed by atoms with Crippen molar-refractivity contribution in [3.8, 4) is 11.1 Å². The maximum atomic E-state index is 14.0. The van der Waals surface area contributed by atoms with E-state index >= 15 is 0 Å². The zero-order valence-corrected chi connectivity index (χ0v) is 20.1. The fraction of sp³-hybridized carbons (Fsp3) is 0.200. The third-order valence-corrected chi connectivity index (χ3v) is 8.53. The van der Waals surface area contributed by atoms with Gasteiger partial charge in [0.15, 0.2) is 0 Å². The molecule has 34 heavy (non-hydrogen) atoms. The van der Waals surface area contributed by atoms with Gasteiger partial charge in [-0.25, -0.2) is 0 Å². The molecular weight excluding hydrogens is 439 g/mol. The van der Waals surface area contributed by atoms with Crippen molar-refractivity contribution in [2.45, 2.75) is 31.5 Å². The predicted octanol–water partition coefficient (Wildman–Crippen LogP) is 8.01. The highest BCUT2D eigenvalue weighted by atomic mass is 31.2. The van der Waals surface area contributed by atoms with Crippen molar-refractivity contribution in [3.63, 3.8) is 0 Å². The van der Waals surface area contributed by atoms with E-state index in [9.17, 15) is 4.57 Å². The minimum atomic E-state index is -3.34. The molecule has 1 saturated carbocycles. The van der Waals surface area contributed by atoms with Crippen molar-refractivity contribution in [3.05, 3.63) is 132 Å². The van der Waals surface area contributed by atoms with Gasteiger partial charge in [0.25, 0.3) is 0 Å². The molecule has 0 aromatic heterocycles. The highest BCUT2D eigenvalue weighted by Crippen LogP contribution is 2.62. The summed E-state index contributed by atoms with van der Waals surface area (Å²) in [6, 6.07) is 38.7. The van der Waals surface area contributed by atoms with Gasteiger partial charge in [0.05, 0.1) is 19.4 Å². The van der Waals surface area contributed by atoms with Crippen LogP contribution in [0.4, 0.5) is 0 Å². The van der Waals surface area contributed by atoms with Gasteiger partial charge in [-0.1, -0.05) is 115 Å². The molecule has 0 saturated heterocycles. The summed E-state index contributed by atoms with van der Waals surface area (Å²) in [7, 11) is -3.34. The van der Waals surface area contributed by atoms with E-state index in [4.69, 9.17) is 9.05 Å². The van der Waals surface area contributed by atoms with Crippen LogP contribution in [0.25, 0.3) is 11.1 Å². The lowest BCUT2D eigenvalue weighted by molar-refractivity contribution is 0.189. The van der Waals surface area contributed by atoms with E-state index in [0.717, 1.165) is 24.0 Å². The van der Waals surface area contributed by atoms with Crippen LogP contribution in [0.5, 0.6) is 0 Å². The normalized spacial score (nSPS) is 14.6. The van der Waals surface area contributed by atoms with Crippen LogP contribution in [0.3, 0.4) is 0 Å². The van der Waals surface area contributed by atoms with Gasteiger partial charge in [-0.05, 0) is 40.7 Å². The molecular formula is C30H29O3P. The topological polar surface area (TPSA) is 35.5 Å². The van der Waals surface area contributed by atoms with Gasteiger partial charge in [0.1, 0.15) is 0 Å². The molecule has 4 aromatic carbocycles. The Labute approximate surface area is 201 Å². The fourth-order valence-corrected chi connectivity index (χ4v) is 6.52. The summed E-state index contributed by atoms with van der Waals surface area (Å²) in [5, 5.41) is 0. The summed E-state index contributed by atoms with van der Waals surface area (Å²) >= 11 is 0. The van der Waals surface area contributed by atoms with Crippen molar-refractivity contribution >= 4 is 7.60 Å². The first-order valence-corrected chi connectivity index (χ1v) is 13.5. The lowest BCUT2D eigenvalue weighted by Crippen LogP contribution is -2.15. The minimum absolute atomic E-state index is 0.155. The van der Waals surface area contributed by atoms with E-state index in [2.05, 4.69) is 48.5 Å². The van der Waals surface area contributed by atoms with E-state index < -0.39 is 7.60 Å². The Bertz CT molecular complexity index is 1190. The summed E-state index contributed by atoms with van der Waals surface area (Å²) in [5.74, 6) is 0. The molecule has 0 spiro atoms. The van der Waals surface area contributed by atoms with Gasteiger partial charge in [0, 0.05) is 5.41 Å². The highest BCUT2D eigenvalue weighted by molar-refractivity contribution is 7.53. The van der Waals surface area contributed by atoms with E-state index in [-0.39, 0.29) is 18.6 Å². The summed E-state index contributed by atoms with van der Waals surface area (Å²) in [4.78, 5) is 0. The summed E-state index contributed by atoms with van der Waals surface area (Å²) in [5.41, 5.74) is 5.41. The van der Waals surface area contributed by atoms with Crippen LogP contribution >= 0.6 is 7.60 Å². The lowest BCUT2D eigenvalue weighted by Gasteiger charge is -2.24. The quantitative estimate of drug-likeness (QED) is 0.221. The molecule has 0 aliphatic heterocycles. The zero-order chi connectivity index (χ0) is 23.3. The first kappa shape index (κ1) is 22.8. The van der Waals surface area contributed by atoms with Crippen LogP contribution in [-0.4, -0.2) is 6.16 Å². The molecule has 5 rings (SSSR count). The molecule has 0 heterocycles. The van der Waals surface area contributed by atoms with E-state index in [1.54, 1.807) is 0 Å². The van der Waals surface area contributed by atoms with E-state index in [1.165, 1.54) is 16.7 Å². The van der Waals surface area contributed by atoms with E-state index in [1.807, 2.05) is 66.7 Å². The molecule has 0 bridgehead atoms. The van der Waals surface area contributed by atoms with Crippen molar-refractivity contribution in [1.82, 2.24) is 0 Å². The van der Waals surface area contributed by atoms with Crippen LogP contribution in [0, 0.1) is 0 Å². The van der Waals surface area contributed by atoms with Gasteiger partial charge in [0.2, 0.25) is 0 Å². The average molecular weight is 469 g/mol. The smallest absolute Gasteiger partial charge is 0.304 e. The third kappa shape index (κ3) is 5.56. The molecule has 0 unspecified atom stereocenters. The van der Waals surface area contributed by atoms with Crippen LogP contribution in [-0.2, 0) is 32.2 Å². The number of benzene rings is 4. The molecule has 1 fully saturated rings. The molecule has 1 aliphatic carbocycles. The van der Waals surface area contributed by atoms with Gasteiger partial charge in [-0.3, -0.25) is 4.57 Å². The second-order valence-corrected chi connectivity index (χ2v) is 11.1. The SMILES string of the molecule is O=P(CC1(c2ccc(-c3ccccc3)cc2)CC1)(OCc1ccccc1)OCc1ccccc1. The maximum Gasteiger partial charge on any atom is 0.332 e. The molecule has 1 aliphatic rings. The van der Waals surface area contributed by atoms with Gasteiger partial charge in [-0.2, -0.15) is 0 Å². The molecule has 4 heteroatoms. The third-order valence-electron chi connectivity index (χ3n) is 6.50. The average Bonchev–Trinajstić information content (AvgIpc) is 3.68. The summed E-state index contributed by atoms with van der Waals surface area (Å²) < 4.78 is 26.2. The Balaban J connectivity index is 1.34. The van der Waals surface area contributed by atoms with Gasteiger partial charge >= 0.3 is 7.60 Å². The molecule has 0 atom stereocenters. The Kier molecular flexibility index (Phi) is 6.78. The second kappa shape index (κ2) is 10.1. The van der Waals surface area contributed by atoms with Crippen LogP contribution in [0.15, 0.2) is 115 Å². The zero-order valence-electron chi connectivity index (χ0n) is 19.2. The van der Waals surface area contributed by atoms with Gasteiger partial charge in [-0.15, -0.1) is 0 Å². The minimum Gasteiger partial charge on any atom is -0.304 e.